The number of amides is 4. The van der Waals surface area contributed by atoms with Crippen molar-refractivity contribution in [3.05, 3.63) is 199 Å². The van der Waals surface area contributed by atoms with Gasteiger partial charge in [-0.05, 0) is 152 Å². The maximum Gasteiger partial charge on any atom is 0.328 e. The van der Waals surface area contributed by atoms with Crippen LogP contribution < -0.4 is 55.9 Å². The van der Waals surface area contributed by atoms with E-state index in [0.717, 1.165) is 141 Å². The second-order valence-corrected chi connectivity index (χ2v) is 35.6. The molecule has 137 heavy (non-hydrogen) atoms. The standard InChI is InChI=1S/C35H38FN9O4.C34H37FN8O3.C29H31F2N7O4/c36-29-21-44(35(47)30-7-11-39-45(30)17-18-46)12-9-32(29)49-31-6-1-24(19-25(31)20-37)34-38-10-8-33(41-34)40-26-2-4-27(5-3-26)42-13-15-43(16-14-42)28-22-48-23-28;1-34(2)22-43(31(44)9-11-36)19-28(35)32(34)46-29-8-3-23(17-24(29)18-37)33-38-12-10-30(40-33)39-25-4-6-26(7-5-25)41-13-15-42(16-14-41)27-20-45-21-27;30-29(31)14-22(15-34-28(29)40)42-24-6-1-18(13-23(24)26(32)39)27-33-8-7-25(36-27)35-19-2-4-20(5-3-19)37-9-11-38(12-10-37)21-16-41-17-21/h1-8,10-11,19,28-29,32,46H,9,12-18,21-23H2,(H,38,40,41);3-8,10,12,17,27-28,32H,9,13-16,19-22H2,1-2H3,(H,38,39,40);1-8,13,21-22H,9-12,14-17H2,(H2,32,39)(H,34,40)(H,33,35,36)/t29-,32+;28-,32-;/m10./s1. The molecule has 712 valence electrons. The van der Waals surface area contributed by atoms with E-state index in [2.05, 4.69) is 134 Å². The number of halogens is 4. The van der Waals surface area contributed by atoms with Gasteiger partial charge in [-0.15, -0.1) is 0 Å². The number of nitriles is 3. The summed E-state index contributed by atoms with van der Waals surface area (Å²) in [7, 11) is 0. The number of nitrogens with zero attached hydrogens (tertiary/aromatic N) is 19. The third-order valence-electron chi connectivity index (χ3n) is 25.9. The number of alkyl halides is 4. The van der Waals surface area contributed by atoms with Gasteiger partial charge in [0.1, 0.15) is 77.3 Å². The summed E-state index contributed by atoms with van der Waals surface area (Å²) >= 11 is 0. The van der Waals surface area contributed by atoms with E-state index in [1.165, 1.54) is 44.2 Å². The smallest absolute Gasteiger partial charge is 0.328 e. The lowest BCUT2D eigenvalue weighted by Crippen LogP contribution is -2.58. The fraction of sp³-hybridized carbons (Fsp3) is 0.408. The number of piperidine rings is 3. The Morgan fingerprint density at radius 3 is 1.38 bits per heavy atom. The molecule has 5 atom stereocenters. The van der Waals surface area contributed by atoms with Gasteiger partial charge in [0, 0.05) is 179 Å². The van der Waals surface area contributed by atoms with E-state index in [4.69, 9.17) is 39.4 Å². The van der Waals surface area contributed by atoms with E-state index < -0.39 is 66.1 Å². The topological polar surface area (TPSA) is 410 Å². The maximum atomic E-state index is 15.3. The zero-order valence-corrected chi connectivity index (χ0v) is 75.8. The van der Waals surface area contributed by atoms with E-state index in [9.17, 15) is 43.6 Å². The zero-order valence-electron chi connectivity index (χ0n) is 75.8. The highest BCUT2D eigenvalue weighted by atomic mass is 19.3. The lowest BCUT2D eigenvalue weighted by Gasteiger charge is -2.45. The van der Waals surface area contributed by atoms with Crippen LogP contribution in [0.1, 0.15) is 65.1 Å². The van der Waals surface area contributed by atoms with Crippen molar-refractivity contribution in [1.82, 2.24) is 69.5 Å². The molecular weight excluding hydrogens is 1770 g/mol. The Kier molecular flexibility index (Phi) is 29.5. The molecular formula is C98H106F4N24O11. The van der Waals surface area contributed by atoms with Crippen molar-refractivity contribution < 1.29 is 70.3 Å². The van der Waals surface area contributed by atoms with Crippen molar-refractivity contribution in [2.45, 2.75) is 94.4 Å². The number of hydrogen-bond donors (Lipinski definition) is 6. The fourth-order valence-corrected chi connectivity index (χ4v) is 18.0. The number of anilines is 9. The lowest BCUT2D eigenvalue weighted by atomic mass is 9.80. The van der Waals surface area contributed by atoms with Crippen molar-refractivity contribution >= 4 is 75.2 Å². The number of benzene rings is 6. The summed E-state index contributed by atoms with van der Waals surface area (Å²) in [6.45, 7) is 20.9. The van der Waals surface area contributed by atoms with Gasteiger partial charge in [0.25, 0.3) is 17.7 Å². The summed E-state index contributed by atoms with van der Waals surface area (Å²) in [5.74, 6) is -2.98. The number of ether oxygens (including phenoxy) is 6. The number of aliphatic hydroxyl groups excluding tert-OH is 1. The van der Waals surface area contributed by atoms with E-state index in [1.54, 1.807) is 85.3 Å². The van der Waals surface area contributed by atoms with Crippen LogP contribution in [0, 0.1) is 39.4 Å². The number of rotatable bonds is 26. The number of carbonyl (C=O) groups excluding carboxylic acids is 4. The summed E-state index contributed by atoms with van der Waals surface area (Å²) in [6, 6.07) is 54.0. The van der Waals surface area contributed by atoms with Gasteiger partial charge in [-0.2, -0.15) is 29.7 Å². The molecule has 0 aliphatic carbocycles. The van der Waals surface area contributed by atoms with Gasteiger partial charge in [0.15, 0.2) is 29.8 Å². The van der Waals surface area contributed by atoms with Gasteiger partial charge in [0.05, 0.1) is 120 Å². The Morgan fingerprint density at radius 2 is 0.978 bits per heavy atom. The quantitative estimate of drug-likeness (QED) is 0.0275. The second-order valence-electron chi connectivity index (χ2n) is 35.6. The third kappa shape index (κ3) is 22.8. The summed E-state index contributed by atoms with van der Waals surface area (Å²) < 4.78 is 93.5. The Morgan fingerprint density at radius 1 is 0.540 bits per heavy atom. The van der Waals surface area contributed by atoms with Crippen LogP contribution in [0.15, 0.2) is 176 Å². The van der Waals surface area contributed by atoms with Gasteiger partial charge in [0.2, 0.25) is 5.91 Å². The minimum absolute atomic E-state index is 0.00730. The first kappa shape index (κ1) is 94.5. The molecule has 35 nitrogen and oxygen atoms in total. The molecule has 9 fully saturated rings. The second kappa shape index (κ2) is 42.8. The number of aliphatic hydroxyl groups is 1. The minimum Gasteiger partial charge on any atom is -0.488 e. The highest BCUT2D eigenvalue weighted by Crippen LogP contribution is 2.40. The van der Waals surface area contributed by atoms with Crippen molar-refractivity contribution in [1.29, 1.82) is 15.8 Å². The molecule has 0 radical (unpaired) electrons. The van der Waals surface area contributed by atoms with Gasteiger partial charge in [-0.1, -0.05) is 13.8 Å². The molecule has 4 amide bonds. The Hall–Kier alpha value is -14.2. The summed E-state index contributed by atoms with van der Waals surface area (Å²) in [5, 5.41) is 54.1. The van der Waals surface area contributed by atoms with Crippen LogP contribution >= 0.6 is 0 Å². The molecule has 4 aromatic heterocycles. The van der Waals surface area contributed by atoms with Crippen molar-refractivity contribution in [2.75, 3.05) is 188 Å². The van der Waals surface area contributed by atoms with Gasteiger partial charge in [-0.3, -0.25) is 38.6 Å². The Bertz CT molecular complexity index is 6050. The highest BCUT2D eigenvalue weighted by molar-refractivity contribution is 5.97. The molecule has 1 unspecified atom stereocenters. The van der Waals surface area contributed by atoms with Crippen molar-refractivity contribution in [3.8, 4) is 69.6 Å². The average Bonchev–Trinajstić information content (AvgIpc) is 1.03. The molecule has 19 rings (SSSR count). The number of likely N-dealkylation sites (tertiary alicyclic amines) is 2. The molecule has 0 saturated carbocycles. The molecule has 0 bridgehead atoms. The molecule has 9 aliphatic rings. The number of piperazine rings is 3. The average molecular weight is 1870 g/mol. The predicted molar refractivity (Wildman–Crippen MR) is 501 cm³/mol. The van der Waals surface area contributed by atoms with Crippen LogP contribution in [-0.4, -0.2) is 305 Å². The van der Waals surface area contributed by atoms with E-state index in [-0.39, 0.29) is 98.6 Å². The molecule has 7 N–H and O–H groups in total. The third-order valence-corrected chi connectivity index (χ3v) is 25.9. The molecule has 9 saturated heterocycles. The number of primary amides is 1. The van der Waals surface area contributed by atoms with Crippen LogP contribution in [0.4, 0.5) is 69.1 Å². The number of nitrogens with one attached hydrogen (secondary N) is 4. The maximum absolute atomic E-state index is 15.3. The highest BCUT2D eigenvalue weighted by Gasteiger charge is 2.48. The SMILES string of the molecule is CC1(C)CN(C(=O)CC#N)C[C@H](F)[C@@H]1Oc1ccc(-c2nccc(Nc3ccc(N4CCN(C5COC5)CC4)cc3)n2)cc1C#N.N#Cc1cc(-c2nccc(Nc3ccc(N4CCN(C5COC5)CC4)cc3)n2)ccc1O[C@H]1CCN(C(=O)c2ccnn2CCO)C[C@H]1F.NC(=O)c1cc(-c2nccc(Nc3ccc(N4CCN(C5COC5)CC4)cc3)n2)ccc1OC1CNC(=O)C(F)(F)C1. The first-order chi connectivity index (χ1) is 66.5. The number of aromatic nitrogens is 8. The van der Waals surface area contributed by atoms with Crippen LogP contribution in [0.25, 0.3) is 34.2 Å². The van der Waals surface area contributed by atoms with Crippen molar-refractivity contribution in [3.63, 3.8) is 0 Å². The Balaban J connectivity index is 0.000000143. The van der Waals surface area contributed by atoms with E-state index in [0.29, 0.717) is 75.4 Å². The number of carbonyl (C=O) groups is 4. The summed E-state index contributed by atoms with van der Waals surface area (Å²) in [5.41, 5.74) is 13.5. The number of nitrogens with two attached hydrogens (primary N) is 1. The molecule has 13 heterocycles. The minimum atomic E-state index is -3.56. The van der Waals surface area contributed by atoms with Crippen LogP contribution in [0.2, 0.25) is 0 Å². The first-order valence-corrected chi connectivity index (χ1v) is 45.8. The molecule has 39 heteroatoms. The predicted octanol–water partition coefficient (Wildman–Crippen LogP) is 9.66. The largest absolute Gasteiger partial charge is 0.488 e. The number of hydrogen-bond acceptors (Lipinski definition) is 30. The first-order valence-electron chi connectivity index (χ1n) is 45.8. The van der Waals surface area contributed by atoms with Crippen molar-refractivity contribution in [2.24, 2.45) is 11.1 Å². The zero-order chi connectivity index (χ0) is 95.3. The monoisotopic (exact) mass is 1870 g/mol. The van der Waals surface area contributed by atoms with E-state index >= 15 is 8.78 Å². The van der Waals surface area contributed by atoms with Gasteiger partial charge in [-0.25, -0.2) is 38.7 Å². The van der Waals surface area contributed by atoms with Gasteiger partial charge >= 0.3 is 5.92 Å². The van der Waals surface area contributed by atoms with Crippen LogP contribution in [-0.2, 0) is 30.3 Å². The summed E-state index contributed by atoms with van der Waals surface area (Å²) in [6.07, 6.45) is -0.171. The fourth-order valence-electron chi connectivity index (χ4n) is 18.0. The van der Waals surface area contributed by atoms with Gasteiger partial charge < -0.3 is 85.0 Å². The normalized spacial score (nSPS) is 20.8. The van der Waals surface area contributed by atoms with Crippen LogP contribution in [0.5, 0.6) is 17.2 Å². The molecule has 6 aromatic carbocycles. The molecule has 10 aromatic rings. The van der Waals surface area contributed by atoms with E-state index in [1.807, 2.05) is 56.3 Å². The van der Waals surface area contributed by atoms with Crippen LogP contribution in [0.3, 0.4) is 0 Å². The molecule has 9 aliphatic heterocycles. The lowest BCUT2D eigenvalue weighted by molar-refractivity contribution is -0.154. The molecule has 0 spiro atoms. The summed E-state index contributed by atoms with van der Waals surface area (Å²) in [4.78, 5) is 93.3. The Labute approximate surface area is 789 Å².